The van der Waals surface area contributed by atoms with E-state index in [9.17, 15) is 0 Å². The van der Waals surface area contributed by atoms with E-state index >= 15 is 0 Å². The predicted molar refractivity (Wildman–Crippen MR) is 93.6 cm³/mol. The van der Waals surface area contributed by atoms with E-state index in [1.807, 2.05) is 30.3 Å². The topological polar surface area (TPSA) is 22.4 Å². The molecule has 0 unspecified atom stereocenters. The molecule has 0 aliphatic heterocycles. The molecule has 3 aromatic carbocycles. The van der Waals surface area contributed by atoms with Gasteiger partial charge >= 0.3 is 0 Å². The van der Waals surface area contributed by atoms with Gasteiger partial charge in [0.05, 0.1) is 7.11 Å². The minimum Gasteiger partial charge on any atom is -0.497 e. The van der Waals surface area contributed by atoms with Gasteiger partial charge in [0.15, 0.2) is 0 Å². The summed E-state index contributed by atoms with van der Waals surface area (Å²) in [5.41, 5.74) is 4.34. The Hall–Kier alpha value is -3.00. The van der Waals surface area contributed by atoms with Gasteiger partial charge in [-0.25, -0.2) is 0 Å². The molecule has 2 nitrogen and oxygen atoms in total. The molecule has 1 heterocycles. The Labute approximate surface area is 135 Å². The van der Waals surface area contributed by atoms with E-state index in [2.05, 4.69) is 48.5 Å². The van der Waals surface area contributed by atoms with Crippen LogP contribution in [0.1, 0.15) is 0 Å². The lowest BCUT2D eigenvalue weighted by Gasteiger charge is -2.04. The monoisotopic (exact) mass is 300 g/mol. The summed E-state index contributed by atoms with van der Waals surface area (Å²) in [5.74, 6) is 1.76. The number of furan rings is 1. The Bertz CT molecular complexity index is 899. The van der Waals surface area contributed by atoms with Crippen LogP contribution in [0.5, 0.6) is 5.75 Å². The van der Waals surface area contributed by atoms with Crippen molar-refractivity contribution in [1.82, 2.24) is 0 Å². The Morgan fingerprint density at radius 2 is 1.30 bits per heavy atom. The molecular formula is C21H16O2. The number of rotatable bonds is 3. The average molecular weight is 300 g/mol. The maximum absolute atomic E-state index is 5.91. The molecule has 0 N–H and O–H groups in total. The Morgan fingerprint density at radius 3 is 1.96 bits per heavy atom. The minimum atomic E-state index is 0.868. The fourth-order valence-electron chi connectivity index (χ4n) is 2.73. The minimum absolute atomic E-state index is 0.868. The van der Waals surface area contributed by atoms with E-state index in [0.29, 0.717) is 0 Å². The number of para-hydroxylation sites is 1. The van der Waals surface area contributed by atoms with Crippen LogP contribution in [0.4, 0.5) is 0 Å². The van der Waals surface area contributed by atoms with Crippen molar-refractivity contribution in [3.63, 3.8) is 0 Å². The summed E-state index contributed by atoms with van der Waals surface area (Å²) < 4.78 is 11.1. The second kappa shape index (κ2) is 5.65. The highest BCUT2D eigenvalue weighted by Gasteiger charge is 2.06. The van der Waals surface area contributed by atoms with Crippen LogP contribution in [0.2, 0.25) is 0 Å². The molecule has 0 aliphatic rings. The zero-order valence-corrected chi connectivity index (χ0v) is 12.8. The van der Waals surface area contributed by atoms with Crippen LogP contribution in [-0.4, -0.2) is 7.11 Å². The summed E-state index contributed by atoms with van der Waals surface area (Å²) >= 11 is 0. The molecule has 0 aliphatic carbocycles. The van der Waals surface area contributed by atoms with Gasteiger partial charge in [-0.05, 0) is 35.4 Å². The van der Waals surface area contributed by atoms with Gasteiger partial charge in [0.25, 0.3) is 0 Å². The van der Waals surface area contributed by atoms with Crippen molar-refractivity contribution < 1.29 is 9.15 Å². The second-order valence-electron chi connectivity index (χ2n) is 5.45. The quantitative estimate of drug-likeness (QED) is 0.479. The highest BCUT2D eigenvalue weighted by Crippen LogP contribution is 2.30. The van der Waals surface area contributed by atoms with Crippen LogP contribution >= 0.6 is 0 Å². The molecule has 0 bridgehead atoms. The predicted octanol–water partition coefficient (Wildman–Crippen LogP) is 5.78. The summed E-state index contributed by atoms with van der Waals surface area (Å²) in [6.45, 7) is 0. The Morgan fingerprint density at radius 1 is 0.696 bits per heavy atom. The lowest BCUT2D eigenvalue weighted by Crippen LogP contribution is -1.83. The summed E-state index contributed by atoms with van der Waals surface area (Å²) in [7, 11) is 1.68. The number of ether oxygens (including phenoxy) is 1. The van der Waals surface area contributed by atoms with Gasteiger partial charge in [-0.3, -0.25) is 0 Å². The largest absolute Gasteiger partial charge is 0.497 e. The first-order valence-corrected chi connectivity index (χ1v) is 7.57. The first-order chi connectivity index (χ1) is 11.3. The number of hydrogen-bond acceptors (Lipinski definition) is 2. The molecule has 0 amide bonds. The van der Waals surface area contributed by atoms with E-state index in [1.165, 1.54) is 11.1 Å². The first-order valence-electron chi connectivity index (χ1n) is 7.57. The Balaban J connectivity index is 1.66. The number of fused-ring (bicyclic) bond motifs is 1. The number of methoxy groups -OCH3 is 1. The van der Waals surface area contributed by atoms with Gasteiger partial charge in [-0.15, -0.1) is 0 Å². The number of benzene rings is 3. The van der Waals surface area contributed by atoms with E-state index in [0.717, 1.165) is 28.0 Å². The molecule has 0 spiro atoms. The highest BCUT2D eigenvalue weighted by atomic mass is 16.5. The second-order valence-corrected chi connectivity index (χ2v) is 5.45. The molecule has 0 fully saturated rings. The van der Waals surface area contributed by atoms with Gasteiger partial charge in [0.1, 0.15) is 17.1 Å². The number of hydrogen-bond donors (Lipinski definition) is 0. The lowest BCUT2D eigenvalue weighted by atomic mass is 10.0. The SMILES string of the molecule is COc1ccc(-c2ccc(-c3cc4ccccc4o3)cc2)cc1. The van der Waals surface area contributed by atoms with Gasteiger partial charge in [-0.2, -0.15) is 0 Å². The molecule has 0 saturated carbocycles. The van der Waals surface area contributed by atoms with Crippen LogP contribution in [0.3, 0.4) is 0 Å². The summed E-state index contributed by atoms with van der Waals surface area (Å²) in [5, 5.41) is 1.13. The fourth-order valence-corrected chi connectivity index (χ4v) is 2.73. The fraction of sp³-hybridized carbons (Fsp3) is 0.0476. The third kappa shape index (κ3) is 2.59. The van der Waals surface area contributed by atoms with Crippen molar-refractivity contribution in [3.05, 3.63) is 78.9 Å². The molecule has 0 atom stereocenters. The van der Waals surface area contributed by atoms with Gasteiger partial charge < -0.3 is 9.15 Å². The summed E-state index contributed by atoms with van der Waals surface area (Å²) in [6.07, 6.45) is 0. The van der Waals surface area contributed by atoms with E-state index in [4.69, 9.17) is 9.15 Å². The van der Waals surface area contributed by atoms with Crippen LogP contribution in [0, 0.1) is 0 Å². The van der Waals surface area contributed by atoms with E-state index in [1.54, 1.807) is 7.11 Å². The average Bonchev–Trinajstić information content (AvgIpc) is 3.06. The van der Waals surface area contributed by atoms with Crippen LogP contribution in [0.25, 0.3) is 33.4 Å². The first kappa shape index (κ1) is 13.6. The van der Waals surface area contributed by atoms with Crippen LogP contribution in [-0.2, 0) is 0 Å². The summed E-state index contributed by atoms with van der Waals surface area (Å²) in [4.78, 5) is 0. The van der Waals surface area contributed by atoms with Crippen molar-refractivity contribution in [2.24, 2.45) is 0 Å². The Kier molecular flexibility index (Phi) is 3.35. The van der Waals surface area contributed by atoms with Crippen LogP contribution < -0.4 is 4.74 Å². The highest BCUT2D eigenvalue weighted by molar-refractivity contribution is 5.83. The van der Waals surface area contributed by atoms with Crippen molar-refractivity contribution in [1.29, 1.82) is 0 Å². The summed E-state index contributed by atoms with van der Waals surface area (Å²) in [6, 6.07) is 26.6. The van der Waals surface area contributed by atoms with Gasteiger partial charge in [0.2, 0.25) is 0 Å². The van der Waals surface area contributed by atoms with Crippen molar-refractivity contribution in [2.75, 3.05) is 7.11 Å². The third-order valence-corrected chi connectivity index (χ3v) is 4.02. The van der Waals surface area contributed by atoms with Crippen molar-refractivity contribution >= 4 is 11.0 Å². The third-order valence-electron chi connectivity index (χ3n) is 4.02. The van der Waals surface area contributed by atoms with Gasteiger partial charge in [-0.1, -0.05) is 54.6 Å². The molecule has 4 rings (SSSR count). The maximum Gasteiger partial charge on any atom is 0.135 e. The molecule has 23 heavy (non-hydrogen) atoms. The van der Waals surface area contributed by atoms with E-state index < -0.39 is 0 Å². The zero-order chi connectivity index (χ0) is 15.6. The van der Waals surface area contributed by atoms with Crippen LogP contribution in [0.15, 0.2) is 83.3 Å². The smallest absolute Gasteiger partial charge is 0.135 e. The lowest BCUT2D eigenvalue weighted by molar-refractivity contribution is 0.415. The van der Waals surface area contributed by atoms with Crippen molar-refractivity contribution in [3.8, 4) is 28.2 Å². The normalized spacial score (nSPS) is 10.8. The van der Waals surface area contributed by atoms with Crippen molar-refractivity contribution in [2.45, 2.75) is 0 Å². The maximum atomic E-state index is 5.91. The molecule has 1 aromatic heterocycles. The van der Waals surface area contributed by atoms with E-state index in [-0.39, 0.29) is 0 Å². The molecule has 0 radical (unpaired) electrons. The zero-order valence-electron chi connectivity index (χ0n) is 12.8. The molecule has 4 aromatic rings. The molecular weight excluding hydrogens is 284 g/mol. The molecule has 112 valence electrons. The molecule has 0 saturated heterocycles. The van der Waals surface area contributed by atoms with Gasteiger partial charge in [0, 0.05) is 10.9 Å². The standard InChI is InChI=1S/C21H16O2/c1-22-19-12-10-16(11-13-19)15-6-8-17(9-7-15)21-14-18-4-2-3-5-20(18)23-21/h2-14H,1H3. The molecule has 2 heteroatoms.